The Morgan fingerprint density at radius 2 is 1.93 bits per heavy atom. The number of rotatable bonds is 3. The Morgan fingerprint density at radius 3 is 2.27 bits per heavy atom. The Balaban J connectivity index is 2.99. The zero-order valence-corrected chi connectivity index (χ0v) is 11.4. The normalized spacial score (nSPS) is 14.7. The van der Waals surface area contributed by atoms with Crippen LogP contribution in [0.15, 0.2) is 9.85 Å². The van der Waals surface area contributed by atoms with Crippen LogP contribution in [0.5, 0.6) is 0 Å². The maximum absolute atomic E-state index is 13.0. The molecule has 0 bridgehead atoms. The van der Waals surface area contributed by atoms with Crippen molar-refractivity contribution in [3.8, 4) is 0 Å². The summed E-state index contributed by atoms with van der Waals surface area (Å²) < 4.78 is 50.7. The maximum Gasteiger partial charge on any atom is 0.324 e. The average Bonchev–Trinajstić information content (AvgIpc) is 2.45. The molecule has 1 atom stereocenters. The van der Waals surface area contributed by atoms with Crippen LogP contribution in [-0.4, -0.2) is 12.3 Å². The van der Waals surface area contributed by atoms with Crippen LogP contribution in [0.2, 0.25) is 0 Å². The van der Waals surface area contributed by atoms with Crippen LogP contribution in [0.3, 0.4) is 0 Å². The van der Waals surface area contributed by atoms with Crippen LogP contribution >= 0.6 is 43.2 Å². The summed E-state index contributed by atoms with van der Waals surface area (Å²) in [7, 11) is 0. The highest BCUT2D eigenvalue weighted by Gasteiger charge is 2.48. The molecule has 1 aromatic heterocycles. The minimum atomic E-state index is -4.06. The minimum Gasteiger partial charge on any atom is -0.204 e. The lowest BCUT2D eigenvalue weighted by Gasteiger charge is -2.19. The lowest BCUT2D eigenvalue weighted by Crippen LogP contribution is -2.30. The molecule has 0 aromatic carbocycles. The number of aryl methyl sites for hydroxylation is 1. The lowest BCUT2D eigenvalue weighted by molar-refractivity contribution is -0.127. The summed E-state index contributed by atoms with van der Waals surface area (Å²) in [4.78, 5) is -1.47. The third-order valence-corrected chi connectivity index (χ3v) is 5.36. The van der Waals surface area contributed by atoms with E-state index >= 15 is 0 Å². The molecule has 0 saturated heterocycles. The Morgan fingerprint density at radius 1 is 1.40 bits per heavy atom. The van der Waals surface area contributed by atoms with Crippen LogP contribution in [0.4, 0.5) is 17.6 Å². The zero-order chi connectivity index (χ0) is 11.8. The molecule has 0 aliphatic rings. The van der Waals surface area contributed by atoms with Crippen molar-refractivity contribution in [1.29, 1.82) is 0 Å². The van der Waals surface area contributed by atoms with E-state index in [1.807, 2.05) is 0 Å². The van der Waals surface area contributed by atoms with Crippen LogP contribution in [0.25, 0.3) is 0 Å². The van der Waals surface area contributed by atoms with Crippen LogP contribution in [0, 0.1) is 6.92 Å². The standard InChI is InChI=1S/C8H6Br2F4S/c1-3-2-4(15-6(3)10)5(9)8(13,14)7(11)12/h2,5,7H,1H3. The predicted octanol–water partition coefficient (Wildman–Crippen LogP) is 5.16. The van der Waals surface area contributed by atoms with Crippen LogP contribution in [-0.2, 0) is 0 Å². The van der Waals surface area contributed by atoms with Crippen molar-refractivity contribution >= 4 is 43.2 Å². The third kappa shape index (κ3) is 2.74. The van der Waals surface area contributed by atoms with Crippen molar-refractivity contribution in [2.24, 2.45) is 0 Å². The van der Waals surface area contributed by atoms with Crippen molar-refractivity contribution in [2.45, 2.75) is 24.1 Å². The van der Waals surface area contributed by atoms with Crippen molar-refractivity contribution in [3.63, 3.8) is 0 Å². The van der Waals surface area contributed by atoms with Crippen molar-refractivity contribution in [1.82, 2.24) is 0 Å². The smallest absolute Gasteiger partial charge is 0.204 e. The molecule has 0 spiro atoms. The molecule has 86 valence electrons. The van der Waals surface area contributed by atoms with Crippen molar-refractivity contribution in [2.75, 3.05) is 0 Å². The van der Waals surface area contributed by atoms with Gasteiger partial charge in [-0.15, -0.1) is 11.3 Å². The number of halogens is 6. The van der Waals surface area contributed by atoms with E-state index in [9.17, 15) is 17.6 Å². The Bertz CT molecular complexity index is 331. The van der Waals surface area contributed by atoms with E-state index in [-0.39, 0.29) is 4.88 Å². The number of hydrogen-bond donors (Lipinski definition) is 0. The van der Waals surface area contributed by atoms with Gasteiger partial charge in [0.1, 0.15) is 4.83 Å². The van der Waals surface area contributed by atoms with Gasteiger partial charge in [0, 0.05) is 4.88 Å². The SMILES string of the molecule is Cc1cc(C(Br)C(F)(F)C(F)F)sc1Br. The molecule has 1 aromatic rings. The molecule has 1 rings (SSSR count). The highest BCUT2D eigenvalue weighted by molar-refractivity contribution is 9.11. The van der Waals surface area contributed by atoms with Gasteiger partial charge in [0.25, 0.3) is 0 Å². The molecule has 0 N–H and O–H groups in total. The molecule has 0 aliphatic heterocycles. The first-order valence-electron chi connectivity index (χ1n) is 3.82. The Hall–Kier alpha value is 0.380. The molecule has 0 aliphatic carbocycles. The van der Waals surface area contributed by atoms with Crippen molar-refractivity contribution < 1.29 is 17.6 Å². The zero-order valence-electron chi connectivity index (χ0n) is 7.41. The fraction of sp³-hybridized carbons (Fsp3) is 0.500. The van der Waals surface area contributed by atoms with Gasteiger partial charge in [0.05, 0.1) is 3.79 Å². The molecular formula is C8H6Br2F4S. The second-order valence-corrected chi connectivity index (χ2v) is 6.26. The first-order chi connectivity index (χ1) is 6.76. The predicted molar refractivity (Wildman–Crippen MR) is 59.4 cm³/mol. The Labute approximate surface area is 105 Å². The van der Waals surface area contributed by atoms with Gasteiger partial charge in [-0.3, -0.25) is 0 Å². The van der Waals surface area contributed by atoms with Gasteiger partial charge in [-0.2, -0.15) is 8.78 Å². The molecule has 0 fully saturated rings. The van der Waals surface area contributed by atoms with E-state index < -0.39 is 17.2 Å². The number of thiophene rings is 1. The van der Waals surface area contributed by atoms with E-state index in [0.29, 0.717) is 3.79 Å². The average molecular weight is 370 g/mol. The molecule has 0 amide bonds. The molecule has 0 radical (unpaired) electrons. The van der Waals surface area contributed by atoms with E-state index in [2.05, 4.69) is 31.9 Å². The molecule has 7 heteroatoms. The van der Waals surface area contributed by atoms with E-state index in [1.165, 1.54) is 6.07 Å². The summed E-state index contributed by atoms with van der Waals surface area (Å²) in [6, 6.07) is 1.46. The van der Waals surface area contributed by atoms with Crippen molar-refractivity contribution in [3.05, 3.63) is 20.3 Å². The summed E-state index contributed by atoms with van der Waals surface area (Å²) in [5.74, 6) is -4.06. The van der Waals surface area contributed by atoms with Gasteiger partial charge >= 0.3 is 12.3 Å². The molecule has 1 unspecified atom stereocenters. The molecule has 1 heterocycles. The summed E-state index contributed by atoms with van der Waals surface area (Å²) in [6.45, 7) is 1.71. The molecule has 15 heavy (non-hydrogen) atoms. The highest BCUT2D eigenvalue weighted by Crippen LogP contribution is 2.46. The lowest BCUT2D eigenvalue weighted by atomic mass is 10.2. The molecule has 0 nitrogen and oxygen atoms in total. The van der Waals surface area contributed by atoms with E-state index in [1.54, 1.807) is 6.92 Å². The maximum atomic E-state index is 13.0. The summed E-state index contributed by atoms with van der Waals surface area (Å²) in [5.41, 5.74) is 0.754. The van der Waals surface area contributed by atoms with Gasteiger partial charge in [-0.1, -0.05) is 15.9 Å². The largest absolute Gasteiger partial charge is 0.324 e. The van der Waals surface area contributed by atoms with Gasteiger partial charge in [0.15, 0.2) is 0 Å². The summed E-state index contributed by atoms with van der Waals surface area (Å²) in [5, 5.41) is 0. The van der Waals surface area contributed by atoms with E-state index in [4.69, 9.17) is 0 Å². The van der Waals surface area contributed by atoms with E-state index in [0.717, 1.165) is 16.9 Å². The first kappa shape index (κ1) is 13.4. The number of alkyl halides is 5. The van der Waals surface area contributed by atoms with Gasteiger partial charge in [0.2, 0.25) is 0 Å². The summed E-state index contributed by atoms with van der Waals surface area (Å²) >= 11 is 6.79. The molecule has 0 saturated carbocycles. The van der Waals surface area contributed by atoms with Crippen LogP contribution in [0.1, 0.15) is 15.3 Å². The minimum absolute atomic E-state index is 0.185. The van der Waals surface area contributed by atoms with Gasteiger partial charge < -0.3 is 0 Å². The molecular weight excluding hydrogens is 364 g/mol. The van der Waals surface area contributed by atoms with Crippen LogP contribution < -0.4 is 0 Å². The first-order valence-corrected chi connectivity index (χ1v) is 6.35. The highest BCUT2D eigenvalue weighted by atomic mass is 79.9. The fourth-order valence-electron chi connectivity index (χ4n) is 0.909. The third-order valence-electron chi connectivity index (χ3n) is 1.75. The quantitative estimate of drug-likeness (QED) is 0.510. The summed E-state index contributed by atoms with van der Waals surface area (Å²) in [6.07, 6.45) is -3.68. The monoisotopic (exact) mass is 368 g/mol. The second kappa shape index (κ2) is 4.71. The van der Waals surface area contributed by atoms with Gasteiger partial charge in [-0.25, -0.2) is 8.78 Å². The topological polar surface area (TPSA) is 0 Å². The van der Waals surface area contributed by atoms with Gasteiger partial charge in [-0.05, 0) is 34.5 Å². The fourth-order valence-corrected chi connectivity index (χ4v) is 3.12. The second-order valence-electron chi connectivity index (χ2n) is 2.94. The Kier molecular flexibility index (Phi) is 4.22. The number of hydrogen-bond acceptors (Lipinski definition) is 1.